The molecular formula is C13H15N3O2. The van der Waals surface area contributed by atoms with E-state index in [1.807, 2.05) is 19.9 Å². The lowest BCUT2D eigenvalue weighted by molar-refractivity contribution is 0.0601. The van der Waals surface area contributed by atoms with E-state index in [0.717, 1.165) is 17.1 Å². The molecule has 2 aromatic rings. The number of aromatic nitrogens is 2. The highest BCUT2D eigenvalue weighted by molar-refractivity contribution is 5.91. The van der Waals surface area contributed by atoms with Crippen molar-refractivity contribution in [3.05, 3.63) is 41.2 Å². The molecule has 0 fully saturated rings. The Balaban J connectivity index is 2.48. The van der Waals surface area contributed by atoms with Gasteiger partial charge < -0.3 is 10.5 Å². The Kier molecular flexibility index (Phi) is 3.06. The Morgan fingerprint density at radius 2 is 2.06 bits per heavy atom. The van der Waals surface area contributed by atoms with E-state index < -0.39 is 5.97 Å². The lowest BCUT2D eigenvalue weighted by Crippen LogP contribution is -2.07. The maximum absolute atomic E-state index is 11.4. The molecule has 0 amide bonds. The van der Waals surface area contributed by atoms with E-state index in [1.54, 1.807) is 22.9 Å². The van der Waals surface area contributed by atoms with Crippen molar-refractivity contribution in [3.63, 3.8) is 0 Å². The van der Waals surface area contributed by atoms with Crippen molar-refractivity contribution < 1.29 is 9.53 Å². The molecule has 5 nitrogen and oxygen atoms in total. The second-order valence-electron chi connectivity index (χ2n) is 4.10. The average molecular weight is 245 g/mol. The van der Waals surface area contributed by atoms with Crippen LogP contribution in [0.15, 0.2) is 24.3 Å². The molecule has 0 bridgehead atoms. The number of carbonyl (C=O) groups excluding carboxylic acids is 1. The topological polar surface area (TPSA) is 70.1 Å². The van der Waals surface area contributed by atoms with Crippen molar-refractivity contribution >= 4 is 11.7 Å². The van der Waals surface area contributed by atoms with Gasteiger partial charge in [-0.15, -0.1) is 0 Å². The van der Waals surface area contributed by atoms with Crippen LogP contribution in [0.2, 0.25) is 0 Å². The maximum atomic E-state index is 11.4. The minimum atomic E-state index is -0.401. The average Bonchev–Trinajstić information content (AvgIpc) is 2.67. The standard InChI is InChI=1S/C13H15N3O2/c1-8-6-9(2)16(15-8)12-5-4-10(7-11(12)14)13(17)18-3/h4-7H,14H2,1-3H3. The zero-order valence-electron chi connectivity index (χ0n) is 10.6. The van der Waals surface area contributed by atoms with Crippen molar-refractivity contribution in [3.8, 4) is 5.69 Å². The van der Waals surface area contributed by atoms with Gasteiger partial charge >= 0.3 is 5.97 Å². The number of anilines is 1. The van der Waals surface area contributed by atoms with Crippen LogP contribution in [0.1, 0.15) is 21.7 Å². The number of benzene rings is 1. The zero-order valence-corrected chi connectivity index (χ0v) is 10.6. The summed E-state index contributed by atoms with van der Waals surface area (Å²) in [6.07, 6.45) is 0. The monoisotopic (exact) mass is 245 g/mol. The van der Waals surface area contributed by atoms with E-state index in [4.69, 9.17) is 5.73 Å². The number of esters is 1. The van der Waals surface area contributed by atoms with Crippen LogP contribution in [0.3, 0.4) is 0 Å². The van der Waals surface area contributed by atoms with Gasteiger partial charge in [0.15, 0.2) is 0 Å². The van der Waals surface area contributed by atoms with Gasteiger partial charge in [0.1, 0.15) is 0 Å². The van der Waals surface area contributed by atoms with Gasteiger partial charge in [-0.05, 0) is 38.1 Å². The first kappa shape index (κ1) is 12.2. The van der Waals surface area contributed by atoms with Crippen molar-refractivity contribution in [2.24, 2.45) is 0 Å². The maximum Gasteiger partial charge on any atom is 0.337 e. The summed E-state index contributed by atoms with van der Waals surface area (Å²) in [6, 6.07) is 7.00. The van der Waals surface area contributed by atoms with Gasteiger partial charge in [-0.2, -0.15) is 5.10 Å². The predicted octanol–water partition coefficient (Wildman–Crippen LogP) is 1.86. The minimum Gasteiger partial charge on any atom is -0.465 e. The molecule has 0 aliphatic rings. The van der Waals surface area contributed by atoms with Crippen LogP contribution in [0.4, 0.5) is 5.69 Å². The number of aryl methyl sites for hydroxylation is 2. The Bertz CT molecular complexity index is 602. The third kappa shape index (κ3) is 2.07. The molecule has 0 atom stereocenters. The molecule has 0 saturated heterocycles. The van der Waals surface area contributed by atoms with Crippen molar-refractivity contribution in [2.45, 2.75) is 13.8 Å². The highest BCUT2D eigenvalue weighted by atomic mass is 16.5. The first-order valence-corrected chi connectivity index (χ1v) is 5.54. The van der Waals surface area contributed by atoms with Crippen molar-refractivity contribution in [1.29, 1.82) is 0 Å². The molecule has 0 aliphatic carbocycles. The third-order valence-corrected chi connectivity index (χ3v) is 2.69. The summed E-state index contributed by atoms with van der Waals surface area (Å²) in [5.74, 6) is -0.401. The van der Waals surface area contributed by atoms with Crippen LogP contribution in [0, 0.1) is 13.8 Å². The van der Waals surface area contributed by atoms with Gasteiger partial charge in [-0.3, -0.25) is 0 Å². The number of hydrogen-bond donors (Lipinski definition) is 1. The van der Waals surface area contributed by atoms with E-state index >= 15 is 0 Å². The summed E-state index contributed by atoms with van der Waals surface area (Å²) in [5.41, 5.74) is 9.54. The molecule has 5 heteroatoms. The molecule has 18 heavy (non-hydrogen) atoms. The molecule has 0 saturated carbocycles. The highest BCUT2D eigenvalue weighted by Crippen LogP contribution is 2.21. The van der Waals surface area contributed by atoms with Gasteiger partial charge in [0.2, 0.25) is 0 Å². The molecule has 0 spiro atoms. The Morgan fingerprint density at radius 1 is 1.33 bits per heavy atom. The van der Waals surface area contributed by atoms with Crippen LogP contribution in [-0.4, -0.2) is 22.9 Å². The van der Waals surface area contributed by atoms with Crippen molar-refractivity contribution in [1.82, 2.24) is 9.78 Å². The molecule has 0 radical (unpaired) electrons. The fourth-order valence-corrected chi connectivity index (χ4v) is 1.87. The van der Waals surface area contributed by atoms with Crippen LogP contribution in [-0.2, 0) is 4.74 Å². The smallest absolute Gasteiger partial charge is 0.337 e. The van der Waals surface area contributed by atoms with Gasteiger partial charge in [0, 0.05) is 5.69 Å². The number of rotatable bonds is 2. The quantitative estimate of drug-likeness (QED) is 0.647. The molecule has 1 aromatic heterocycles. The largest absolute Gasteiger partial charge is 0.465 e. The van der Waals surface area contributed by atoms with Crippen LogP contribution in [0.25, 0.3) is 5.69 Å². The second kappa shape index (κ2) is 4.52. The predicted molar refractivity (Wildman–Crippen MR) is 68.8 cm³/mol. The van der Waals surface area contributed by atoms with E-state index in [0.29, 0.717) is 11.3 Å². The molecule has 1 aromatic carbocycles. The van der Waals surface area contributed by atoms with E-state index in [1.165, 1.54) is 7.11 Å². The Morgan fingerprint density at radius 3 is 2.56 bits per heavy atom. The van der Waals surface area contributed by atoms with E-state index in [2.05, 4.69) is 9.84 Å². The van der Waals surface area contributed by atoms with Crippen molar-refractivity contribution in [2.75, 3.05) is 12.8 Å². The lowest BCUT2D eigenvalue weighted by atomic mass is 10.1. The van der Waals surface area contributed by atoms with Gasteiger partial charge in [-0.1, -0.05) is 0 Å². The molecule has 1 heterocycles. The molecular weight excluding hydrogens is 230 g/mol. The van der Waals surface area contributed by atoms with Crippen LogP contribution >= 0.6 is 0 Å². The lowest BCUT2D eigenvalue weighted by Gasteiger charge is -2.09. The molecule has 0 unspecified atom stereocenters. The van der Waals surface area contributed by atoms with E-state index in [9.17, 15) is 4.79 Å². The molecule has 2 N–H and O–H groups in total. The number of methoxy groups -OCH3 is 1. The SMILES string of the molecule is COC(=O)c1ccc(-n2nc(C)cc2C)c(N)c1. The number of nitrogen functional groups attached to an aromatic ring is 1. The fraction of sp³-hybridized carbons (Fsp3) is 0.231. The number of carbonyl (C=O) groups is 1. The summed E-state index contributed by atoms with van der Waals surface area (Å²) in [5, 5.41) is 4.36. The van der Waals surface area contributed by atoms with Crippen LogP contribution < -0.4 is 5.73 Å². The highest BCUT2D eigenvalue weighted by Gasteiger charge is 2.11. The fourth-order valence-electron chi connectivity index (χ4n) is 1.87. The number of ether oxygens (including phenoxy) is 1. The number of nitrogens with zero attached hydrogens (tertiary/aromatic N) is 2. The second-order valence-corrected chi connectivity index (χ2v) is 4.10. The summed E-state index contributed by atoms with van der Waals surface area (Å²) in [7, 11) is 1.34. The zero-order chi connectivity index (χ0) is 13.3. The summed E-state index contributed by atoms with van der Waals surface area (Å²) < 4.78 is 6.40. The summed E-state index contributed by atoms with van der Waals surface area (Å²) >= 11 is 0. The summed E-state index contributed by atoms with van der Waals surface area (Å²) in [6.45, 7) is 3.87. The first-order valence-electron chi connectivity index (χ1n) is 5.54. The Hall–Kier alpha value is -2.30. The molecule has 94 valence electrons. The summed E-state index contributed by atoms with van der Waals surface area (Å²) in [4.78, 5) is 11.4. The third-order valence-electron chi connectivity index (χ3n) is 2.69. The van der Waals surface area contributed by atoms with Gasteiger partial charge in [0.05, 0.1) is 29.7 Å². The van der Waals surface area contributed by atoms with E-state index in [-0.39, 0.29) is 0 Å². The van der Waals surface area contributed by atoms with Gasteiger partial charge in [0.25, 0.3) is 0 Å². The normalized spacial score (nSPS) is 10.4. The molecule has 2 rings (SSSR count). The minimum absolute atomic E-state index is 0.401. The molecule has 0 aliphatic heterocycles. The Labute approximate surface area is 105 Å². The first-order chi connectivity index (χ1) is 8.52. The van der Waals surface area contributed by atoms with Gasteiger partial charge in [-0.25, -0.2) is 9.48 Å². The number of nitrogens with two attached hydrogens (primary N) is 1. The number of hydrogen-bond acceptors (Lipinski definition) is 4. The van der Waals surface area contributed by atoms with Crippen LogP contribution in [0.5, 0.6) is 0 Å².